The number of aromatic amines is 1. The van der Waals surface area contributed by atoms with E-state index < -0.39 is 11.6 Å². The van der Waals surface area contributed by atoms with Crippen LogP contribution in [0.4, 0.5) is 4.39 Å². The van der Waals surface area contributed by atoms with Gasteiger partial charge in [-0.3, -0.25) is 4.79 Å². The number of carbonyl (C=O) groups is 1. The summed E-state index contributed by atoms with van der Waals surface area (Å²) < 4.78 is 21.0. The lowest BCUT2D eigenvalue weighted by Gasteiger charge is -2.36. The molecule has 118 valence electrons. The Balaban J connectivity index is 2.27. The molecule has 22 heavy (non-hydrogen) atoms. The SMILES string of the molecule is CCCC1(CC(=O)O)OCCc2c1[nH]c1c(F)ccc(I)c21. The predicted octanol–water partition coefficient (Wildman–Crippen LogP) is 3.95. The normalized spacial score (nSPS) is 21.0. The molecule has 0 fully saturated rings. The summed E-state index contributed by atoms with van der Waals surface area (Å²) in [5.41, 5.74) is 1.30. The van der Waals surface area contributed by atoms with Gasteiger partial charge in [0.1, 0.15) is 11.4 Å². The van der Waals surface area contributed by atoms with Crippen LogP contribution in [0.2, 0.25) is 0 Å². The van der Waals surface area contributed by atoms with E-state index in [1.54, 1.807) is 6.07 Å². The first-order valence-electron chi connectivity index (χ1n) is 7.33. The second-order valence-corrected chi connectivity index (χ2v) is 6.83. The molecule has 2 N–H and O–H groups in total. The van der Waals surface area contributed by atoms with Crippen molar-refractivity contribution in [3.05, 3.63) is 32.8 Å². The van der Waals surface area contributed by atoms with Crippen LogP contribution in [0, 0.1) is 9.39 Å². The van der Waals surface area contributed by atoms with Crippen molar-refractivity contribution in [2.24, 2.45) is 0 Å². The minimum Gasteiger partial charge on any atom is -0.481 e. The van der Waals surface area contributed by atoms with Gasteiger partial charge in [-0.05, 0) is 53.1 Å². The van der Waals surface area contributed by atoms with Crippen LogP contribution in [0.1, 0.15) is 37.4 Å². The molecule has 0 spiro atoms. The van der Waals surface area contributed by atoms with E-state index in [1.165, 1.54) is 6.07 Å². The number of aliphatic carboxylic acids is 1. The van der Waals surface area contributed by atoms with E-state index >= 15 is 0 Å². The highest BCUT2D eigenvalue weighted by atomic mass is 127. The highest BCUT2D eigenvalue weighted by molar-refractivity contribution is 14.1. The van der Waals surface area contributed by atoms with Gasteiger partial charge < -0.3 is 14.8 Å². The Morgan fingerprint density at radius 2 is 2.32 bits per heavy atom. The zero-order chi connectivity index (χ0) is 15.9. The van der Waals surface area contributed by atoms with Gasteiger partial charge in [-0.25, -0.2) is 4.39 Å². The number of ether oxygens (including phenoxy) is 1. The number of carboxylic acids is 1. The molecule has 1 unspecified atom stereocenters. The third-order valence-electron chi connectivity index (χ3n) is 4.23. The second-order valence-electron chi connectivity index (χ2n) is 5.67. The summed E-state index contributed by atoms with van der Waals surface area (Å²) in [6, 6.07) is 3.19. The number of H-pyrrole nitrogens is 1. The Hall–Kier alpha value is -1.15. The molecule has 1 aliphatic heterocycles. The van der Waals surface area contributed by atoms with Gasteiger partial charge in [-0.2, -0.15) is 0 Å². The van der Waals surface area contributed by atoms with Crippen molar-refractivity contribution in [1.29, 1.82) is 0 Å². The predicted molar refractivity (Wildman–Crippen MR) is 89.5 cm³/mol. The van der Waals surface area contributed by atoms with Crippen molar-refractivity contribution in [3.8, 4) is 0 Å². The molecule has 2 aromatic rings. The lowest BCUT2D eigenvalue weighted by atomic mass is 9.85. The molecule has 0 amide bonds. The molecule has 1 atom stereocenters. The van der Waals surface area contributed by atoms with E-state index in [9.17, 15) is 14.3 Å². The van der Waals surface area contributed by atoms with Crippen LogP contribution < -0.4 is 0 Å². The summed E-state index contributed by atoms with van der Waals surface area (Å²) in [5.74, 6) is -1.22. The molecule has 2 heterocycles. The lowest BCUT2D eigenvalue weighted by Crippen LogP contribution is -2.37. The van der Waals surface area contributed by atoms with E-state index in [2.05, 4.69) is 27.6 Å². The number of benzene rings is 1. The smallest absolute Gasteiger partial charge is 0.306 e. The summed E-state index contributed by atoms with van der Waals surface area (Å²) in [4.78, 5) is 14.5. The number of hydrogen-bond acceptors (Lipinski definition) is 2. The van der Waals surface area contributed by atoms with E-state index in [-0.39, 0.29) is 12.2 Å². The van der Waals surface area contributed by atoms with Gasteiger partial charge in [-0.15, -0.1) is 0 Å². The Morgan fingerprint density at radius 3 is 3.00 bits per heavy atom. The third kappa shape index (κ3) is 2.42. The Labute approximate surface area is 141 Å². The Morgan fingerprint density at radius 1 is 1.55 bits per heavy atom. The monoisotopic (exact) mass is 417 g/mol. The molecule has 0 saturated heterocycles. The Bertz CT molecular complexity index is 743. The van der Waals surface area contributed by atoms with Gasteiger partial charge in [0.15, 0.2) is 0 Å². The van der Waals surface area contributed by atoms with Gasteiger partial charge in [0.25, 0.3) is 0 Å². The fourth-order valence-electron chi connectivity index (χ4n) is 3.43. The fraction of sp³-hybridized carbons (Fsp3) is 0.438. The molecule has 3 rings (SSSR count). The second kappa shape index (κ2) is 5.81. The van der Waals surface area contributed by atoms with Gasteiger partial charge >= 0.3 is 5.97 Å². The van der Waals surface area contributed by atoms with E-state index in [0.29, 0.717) is 25.0 Å². The number of fused-ring (bicyclic) bond motifs is 3. The molecular weight excluding hydrogens is 400 g/mol. The highest BCUT2D eigenvalue weighted by Crippen LogP contribution is 2.43. The first kappa shape index (κ1) is 15.7. The molecule has 0 bridgehead atoms. The molecular formula is C16H17FINO3. The average Bonchev–Trinajstić information content (AvgIpc) is 2.85. The van der Waals surface area contributed by atoms with Crippen LogP contribution in [-0.4, -0.2) is 22.7 Å². The number of hydrogen-bond donors (Lipinski definition) is 2. The van der Waals surface area contributed by atoms with Gasteiger partial charge in [0.05, 0.1) is 24.2 Å². The summed E-state index contributed by atoms with van der Waals surface area (Å²) in [6.45, 7) is 2.45. The molecule has 1 aliphatic rings. The number of carboxylic acid groups (broad SMARTS) is 1. The first-order valence-corrected chi connectivity index (χ1v) is 8.41. The minimum atomic E-state index is -0.907. The van der Waals surface area contributed by atoms with Crippen molar-refractivity contribution >= 4 is 39.5 Å². The topological polar surface area (TPSA) is 62.3 Å². The number of halogens is 2. The molecule has 0 radical (unpaired) electrons. The minimum absolute atomic E-state index is 0.112. The van der Waals surface area contributed by atoms with Crippen molar-refractivity contribution in [1.82, 2.24) is 4.98 Å². The van der Waals surface area contributed by atoms with Crippen molar-refractivity contribution in [3.63, 3.8) is 0 Å². The maximum absolute atomic E-state index is 14.2. The maximum Gasteiger partial charge on any atom is 0.306 e. The quantitative estimate of drug-likeness (QED) is 0.741. The van der Waals surface area contributed by atoms with Crippen molar-refractivity contribution in [2.45, 2.75) is 38.2 Å². The highest BCUT2D eigenvalue weighted by Gasteiger charge is 2.42. The standard InChI is InChI=1S/C16H17FINO3/c1-2-6-16(8-12(20)21)15-9(5-7-22-16)13-11(18)4-3-10(17)14(13)19-15/h3-4,19H,2,5-8H2,1H3,(H,20,21). The van der Waals surface area contributed by atoms with E-state index in [0.717, 1.165) is 26.6 Å². The van der Waals surface area contributed by atoms with Crippen molar-refractivity contribution in [2.75, 3.05) is 6.61 Å². The molecule has 1 aromatic heterocycles. The van der Waals surface area contributed by atoms with Gasteiger partial charge in [-0.1, -0.05) is 13.3 Å². The average molecular weight is 417 g/mol. The molecule has 0 aliphatic carbocycles. The Kier molecular flexibility index (Phi) is 4.15. The van der Waals surface area contributed by atoms with Gasteiger partial charge in [0.2, 0.25) is 0 Å². The first-order chi connectivity index (χ1) is 10.5. The summed E-state index contributed by atoms with van der Waals surface area (Å²) in [7, 11) is 0. The third-order valence-corrected chi connectivity index (χ3v) is 5.13. The largest absolute Gasteiger partial charge is 0.481 e. The van der Waals surface area contributed by atoms with Crippen LogP contribution >= 0.6 is 22.6 Å². The van der Waals surface area contributed by atoms with Crippen LogP contribution in [0.25, 0.3) is 10.9 Å². The van der Waals surface area contributed by atoms with Crippen molar-refractivity contribution < 1.29 is 19.0 Å². The van der Waals surface area contributed by atoms with E-state index in [1.807, 2.05) is 6.92 Å². The van der Waals surface area contributed by atoms with Crippen LogP contribution in [-0.2, 0) is 21.6 Å². The number of aromatic nitrogens is 1. The molecule has 6 heteroatoms. The lowest BCUT2D eigenvalue weighted by molar-refractivity contribution is -0.149. The summed E-state index contributed by atoms with van der Waals surface area (Å²) >= 11 is 2.19. The molecule has 1 aromatic carbocycles. The molecule has 4 nitrogen and oxygen atoms in total. The number of rotatable bonds is 4. The zero-order valence-corrected chi connectivity index (χ0v) is 14.4. The van der Waals surface area contributed by atoms with Crippen LogP contribution in [0.15, 0.2) is 12.1 Å². The van der Waals surface area contributed by atoms with E-state index in [4.69, 9.17) is 4.74 Å². The van der Waals surface area contributed by atoms with Crippen LogP contribution in [0.3, 0.4) is 0 Å². The molecule has 0 saturated carbocycles. The summed E-state index contributed by atoms with van der Waals surface area (Å²) in [5, 5.41) is 10.2. The summed E-state index contributed by atoms with van der Waals surface area (Å²) in [6.07, 6.45) is 1.94. The number of nitrogens with one attached hydrogen (secondary N) is 1. The van der Waals surface area contributed by atoms with Gasteiger partial charge in [0, 0.05) is 8.96 Å². The fourth-order valence-corrected chi connectivity index (χ4v) is 4.20. The van der Waals surface area contributed by atoms with Crippen LogP contribution in [0.5, 0.6) is 0 Å². The maximum atomic E-state index is 14.2. The zero-order valence-electron chi connectivity index (χ0n) is 12.2.